The van der Waals surface area contributed by atoms with Gasteiger partial charge in [-0.15, -0.1) is 0 Å². The second kappa shape index (κ2) is 5.94. The first-order chi connectivity index (χ1) is 9.28. The number of rotatable bonds is 5. The third-order valence-electron chi connectivity index (χ3n) is 4.95. The Morgan fingerprint density at radius 2 is 2.32 bits per heavy atom. The summed E-state index contributed by atoms with van der Waals surface area (Å²) in [4.78, 5) is 2.75. The summed E-state index contributed by atoms with van der Waals surface area (Å²) in [6.07, 6.45) is 4.16. The van der Waals surface area contributed by atoms with Crippen LogP contribution in [0, 0.1) is 11.8 Å². The van der Waals surface area contributed by atoms with Crippen LogP contribution >= 0.6 is 11.3 Å². The third kappa shape index (κ3) is 3.21. The number of hydrogen-bond acceptors (Lipinski definition) is 3. The maximum atomic E-state index is 3.82. The molecule has 0 spiro atoms. The van der Waals surface area contributed by atoms with Crippen molar-refractivity contribution in [3.05, 3.63) is 22.4 Å². The number of nitrogens with zero attached hydrogens (tertiary/aromatic N) is 1. The third-order valence-corrected chi connectivity index (χ3v) is 5.68. The van der Waals surface area contributed by atoms with E-state index in [4.69, 9.17) is 0 Å². The normalized spacial score (nSPS) is 30.4. The Morgan fingerprint density at radius 1 is 1.47 bits per heavy atom. The van der Waals surface area contributed by atoms with Gasteiger partial charge in [0.1, 0.15) is 0 Å². The lowest BCUT2D eigenvalue weighted by atomic mass is 9.93. The van der Waals surface area contributed by atoms with Crippen LogP contribution in [-0.2, 0) is 6.54 Å². The molecule has 1 saturated carbocycles. The van der Waals surface area contributed by atoms with E-state index >= 15 is 0 Å². The fourth-order valence-electron chi connectivity index (χ4n) is 3.30. The van der Waals surface area contributed by atoms with Crippen LogP contribution in [-0.4, -0.2) is 30.1 Å². The SMILES string of the molecule is CCC(C)C1CNC(C2CC2)CN1Cc1ccsc1. The molecule has 2 aliphatic rings. The van der Waals surface area contributed by atoms with Gasteiger partial charge in [-0.1, -0.05) is 20.3 Å². The second-order valence-corrected chi connectivity index (χ2v) is 7.15. The predicted octanol–water partition coefficient (Wildman–Crippen LogP) is 3.35. The van der Waals surface area contributed by atoms with Crippen molar-refractivity contribution in [1.29, 1.82) is 0 Å². The minimum absolute atomic E-state index is 0.708. The molecule has 106 valence electrons. The van der Waals surface area contributed by atoms with Gasteiger partial charge in [-0.25, -0.2) is 0 Å². The van der Waals surface area contributed by atoms with Crippen LogP contribution in [0.15, 0.2) is 16.8 Å². The molecule has 0 bridgehead atoms. The van der Waals surface area contributed by atoms with E-state index in [0.29, 0.717) is 6.04 Å². The van der Waals surface area contributed by atoms with Crippen LogP contribution in [0.5, 0.6) is 0 Å². The molecule has 2 fully saturated rings. The highest BCUT2D eigenvalue weighted by Gasteiger charge is 2.38. The molecule has 1 aliphatic carbocycles. The first kappa shape index (κ1) is 13.6. The van der Waals surface area contributed by atoms with Gasteiger partial charge in [-0.2, -0.15) is 11.3 Å². The van der Waals surface area contributed by atoms with Crippen molar-refractivity contribution in [2.24, 2.45) is 11.8 Å². The molecule has 1 aliphatic heterocycles. The van der Waals surface area contributed by atoms with Gasteiger partial charge in [0.25, 0.3) is 0 Å². The first-order valence-electron chi connectivity index (χ1n) is 7.76. The van der Waals surface area contributed by atoms with Crippen molar-refractivity contribution in [2.45, 2.75) is 51.7 Å². The fraction of sp³-hybridized carbons (Fsp3) is 0.750. The van der Waals surface area contributed by atoms with Gasteiger partial charge in [0, 0.05) is 31.7 Å². The van der Waals surface area contributed by atoms with Gasteiger partial charge >= 0.3 is 0 Å². The molecule has 3 rings (SSSR count). The highest BCUT2D eigenvalue weighted by molar-refractivity contribution is 7.07. The van der Waals surface area contributed by atoms with Crippen molar-refractivity contribution in [3.8, 4) is 0 Å². The van der Waals surface area contributed by atoms with Crippen molar-refractivity contribution in [1.82, 2.24) is 10.2 Å². The van der Waals surface area contributed by atoms with E-state index in [1.165, 1.54) is 37.9 Å². The number of nitrogens with one attached hydrogen (secondary N) is 1. The number of thiophene rings is 1. The number of piperazine rings is 1. The Hall–Kier alpha value is -0.380. The molecule has 2 heterocycles. The molecule has 0 aromatic carbocycles. The second-order valence-electron chi connectivity index (χ2n) is 6.37. The summed E-state index contributed by atoms with van der Waals surface area (Å²) in [6.45, 7) is 8.30. The molecular formula is C16H26N2S. The topological polar surface area (TPSA) is 15.3 Å². The maximum Gasteiger partial charge on any atom is 0.0250 e. The average molecular weight is 278 g/mol. The summed E-state index contributed by atoms with van der Waals surface area (Å²) in [7, 11) is 0. The molecule has 0 radical (unpaired) electrons. The summed E-state index contributed by atoms with van der Waals surface area (Å²) >= 11 is 1.82. The summed E-state index contributed by atoms with van der Waals surface area (Å²) in [5, 5.41) is 8.33. The Morgan fingerprint density at radius 3 is 2.95 bits per heavy atom. The Balaban J connectivity index is 1.68. The molecule has 3 unspecified atom stereocenters. The summed E-state index contributed by atoms with van der Waals surface area (Å²) < 4.78 is 0. The monoisotopic (exact) mass is 278 g/mol. The molecular weight excluding hydrogens is 252 g/mol. The fourth-order valence-corrected chi connectivity index (χ4v) is 3.96. The minimum Gasteiger partial charge on any atom is -0.311 e. The number of hydrogen-bond donors (Lipinski definition) is 1. The smallest absolute Gasteiger partial charge is 0.0250 e. The van der Waals surface area contributed by atoms with E-state index < -0.39 is 0 Å². The van der Waals surface area contributed by atoms with Crippen LogP contribution in [0.2, 0.25) is 0 Å². The van der Waals surface area contributed by atoms with E-state index in [1.807, 2.05) is 11.3 Å². The molecule has 1 aromatic rings. The zero-order valence-electron chi connectivity index (χ0n) is 12.1. The molecule has 3 heteroatoms. The van der Waals surface area contributed by atoms with Gasteiger partial charge in [0.05, 0.1) is 0 Å². The van der Waals surface area contributed by atoms with Crippen LogP contribution in [0.3, 0.4) is 0 Å². The maximum absolute atomic E-state index is 3.82. The predicted molar refractivity (Wildman–Crippen MR) is 82.5 cm³/mol. The van der Waals surface area contributed by atoms with Crippen molar-refractivity contribution >= 4 is 11.3 Å². The quantitative estimate of drug-likeness (QED) is 0.888. The summed E-state index contributed by atoms with van der Waals surface area (Å²) in [6, 6.07) is 3.74. The van der Waals surface area contributed by atoms with Crippen LogP contribution in [0.25, 0.3) is 0 Å². The van der Waals surface area contributed by atoms with Gasteiger partial charge in [0.15, 0.2) is 0 Å². The largest absolute Gasteiger partial charge is 0.311 e. The molecule has 19 heavy (non-hydrogen) atoms. The van der Waals surface area contributed by atoms with Crippen molar-refractivity contribution in [2.75, 3.05) is 13.1 Å². The molecule has 1 N–H and O–H groups in total. The molecule has 1 aromatic heterocycles. The van der Waals surface area contributed by atoms with E-state index in [0.717, 1.165) is 24.4 Å². The summed E-state index contributed by atoms with van der Waals surface area (Å²) in [5.74, 6) is 1.74. The van der Waals surface area contributed by atoms with Gasteiger partial charge in [-0.05, 0) is 47.1 Å². The van der Waals surface area contributed by atoms with Crippen LogP contribution < -0.4 is 5.32 Å². The minimum atomic E-state index is 0.708. The molecule has 2 nitrogen and oxygen atoms in total. The van der Waals surface area contributed by atoms with Crippen LogP contribution in [0.4, 0.5) is 0 Å². The standard InChI is InChI=1S/C16H26N2S/c1-3-12(2)16-8-17-15(14-4-5-14)10-18(16)9-13-6-7-19-11-13/h6-7,11-12,14-17H,3-5,8-10H2,1-2H3. The van der Waals surface area contributed by atoms with Crippen molar-refractivity contribution < 1.29 is 0 Å². The van der Waals surface area contributed by atoms with Gasteiger partial charge in [0.2, 0.25) is 0 Å². The molecule has 3 atom stereocenters. The summed E-state index contributed by atoms with van der Waals surface area (Å²) in [5.41, 5.74) is 1.50. The highest BCUT2D eigenvalue weighted by Crippen LogP contribution is 2.35. The van der Waals surface area contributed by atoms with Crippen molar-refractivity contribution in [3.63, 3.8) is 0 Å². The van der Waals surface area contributed by atoms with E-state index in [2.05, 4.69) is 40.9 Å². The van der Waals surface area contributed by atoms with Gasteiger partial charge in [-0.3, -0.25) is 4.90 Å². The lowest BCUT2D eigenvalue weighted by Gasteiger charge is -2.43. The highest BCUT2D eigenvalue weighted by atomic mass is 32.1. The van der Waals surface area contributed by atoms with Crippen LogP contribution in [0.1, 0.15) is 38.7 Å². The zero-order valence-corrected chi connectivity index (χ0v) is 13.0. The lowest BCUT2D eigenvalue weighted by Crippen LogP contribution is -2.58. The Bertz CT molecular complexity index is 385. The van der Waals surface area contributed by atoms with E-state index in [9.17, 15) is 0 Å². The first-order valence-corrected chi connectivity index (χ1v) is 8.70. The molecule has 0 amide bonds. The van der Waals surface area contributed by atoms with E-state index in [1.54, 1.807) is 0 Å². The van der Waals surface area contributed by atoms with E-state index in [-0.39, 0.29) is 0 Å². The van der Waals surface area contributed by atoms with Gasteiger partial charge < -0.3 is 5.32 Å². The average Bonchev–Trinajstić information content (AvgIpc) is 3.17. The zero-order chi connectivity index (χ0) is 13.2. The lowest BCUT2D eigenvalue weighted by molar-refractivity contribution is 0.0788. The Kier molecular flexibility index (Phi) is 4.25. The Labute approximate surface area is 121 Å². The molecule has 1 saturated heterocycles.